The van der Waals surface area contributed by atoms with Crippen LogP contribution in [0.15, 0.2) is 11.4 Å². The van der Waals surface area contributed by atoms with Gasteiger partial charge in [-0.25, -0.2) is 0 Å². The Bertz CT molecular complexity index is 393. The molecular weight excluding hydrogens is 241 g/mol. The fourth-order valence-corrected chi connectivity index (χ4v) is 2.39. The van der Waals surface area contributed by atoms with Crippen molar-refractivity contribution in [2.75, 3.05) is 7.11 Å². The van der Waals surface area contributed by atoms with Crippen LogP contribution in [0.3, 0.4) is 0 Å². The van der Waals surface area contributed by atoms with Gasteiger partial charge in [0.25, 0.3) is 0 Å². The number of carbonyl (C=O) groups is 1. The number of rotatable bonds is 2. The Morgan fingerprint density at radius 3 is 2.38 bits per heavy atom. The van der Waals surface area contributed by atoms with Crippen molar-refractivity contribution in [3.8, 4) is 0 Å². The number of thiophene rings is 1. The van der Waals surface area contributed by atoms with Gasteiger partial charge in [-0.05, 0) is 25.3 Å². The summed E-state index contributed by atoms with van der Waals surface area (Å²) in [5.41, 5.74) is -2.05. The molecule has 0 spiro atoms. The van der Waals surface area contributed by atoms with E-state index in [-0.39, 0.29) is 4.88 Å². The molecule has 0 fully saturated rings. The molecule has 1 aromatic rings. The van der Waals surface area contributed by atoms with Gasteiger partial charge in [-0.2, -0.15) is 13.2 Å². The minimum atomic E-state index is -4.44. The van der Waals surface area contributed by atoms with Crippen LogP contribution in [0.1, 0.15) is 24.3 Å². The first-order valence-corrected chi connectivity index (χ1v) is 5.32. The third-order valence-corrected chi connectivity index (χ3v) is 3.47. The molecule has 90 valence electrons. The average molecular weight is 252 g/mol. The molecule has 0 amide bonds. The molecule has 16 heavy (non-hydrogen) atoms. The van der Waals surface area contributed by atoms with E-state index in [1.807, 2.05) is 0 Å². The third kappa shape index (κ3) is 2.21. The van der Waals surface area contributed by atoms with Crippen molar-refractivity contribution in [3.63, 3.8) is 0 Å². The van der Waals surface area contributed by atoms with Crippen LogP contribution >= 0.6 is 11.3 Å². The second kappa shape index (κ2) is 4.08. The van der Waals surface area contributed by atoms with E-state index < -0.39 is 23.1 Å². The van der Waals surface area contributed by atoms with Crippen LogP contribution in [0.25, 0.3) is 0 Å². The molecule has 0 aliphatic rings. The summed E-state index contributed by atoms with van der Waals surface area (Å²) in [6.07, 6.45) is -4.44. The SMILES string of the molecule is COC(=O)C(C)(C)c1sccc1C(F)(F)F. The summed E-state index contributed by atoms with van der Waals surface area (Å²) >= 11 is 0.906. The molecule has 0 aromatic carbocycles. The Morgan fingerprint density at radius 1 is 1.38 bits per heavy atom. The molecule has 1 aromatic heterocycles. The van der Waals surface area contributed by atoms with Crippen LogP contribution in [0, 0.1) is 0 Å². The Hall–Kier alpha value is -1.04. The van der Waals surface area contributed by atoms with Crippen LogP contribution in [-0.4, -0.2) is 13.1 Å². The highest BCUT2D eigenvalue weighted by molar-refractivity contribution is 7.10. The molecule has 0 aliphatic heterocycles. The van der Waals surface area contributed by atoms with Gasteiger partial charge in [0.1, 0.15) is 0 Å². The van der Waals surface area contributed by atoms with E-state index in [0.29, 0.717) is 0 Å². The third-order valence-electron chi connectivity index (χ3n) is 2.23. The van der Waals surface area contributed by atoms with Gasteiger partial charge in [0.05, 0.1) is 18.1 Å². The first-order valence-electron chi connectivity index (χ1n) is 4.45. The maximum atomic E-state index is 12.6. The molecule has 0 bridgehead atoms. The fourth-order valence-electron chi connectivity index (χ4n) is 1.36. The normalized spacial score (nSPS) is 12.6. The van der Waals surface area contributed by atoms with Gasteiger partial charge in [0.2, 0.25) is 0 Å². The van der Waals surface area contributed by atoms with Crippen molar-refractivity contribution in [2.45, 2.75) is 25.4 Å². The number of hydrogen-bond donors (Lipinski definition) is 0. The maximum absolute atomic E-state index is 12.6. The van der Waals surface area contributed by atoms with Crippen molar-refractivity contribution in [1.82, 2.24) is 0 Å². The number of alkyl halides is 3. The van der Waals surface area contributed by atoms with Crippen LogP contribution in [0.4, 0.5) is 13.2 Å². The van der Waals surface area contributed by atoms with Gasteiger partial charge in [-0.15, -0.1) is 11.3 Å². The molecular formula is C10H11F3O2S. The first kappa shape index (κ1) is 13.0. The summed E-state index contributed by atoms with van der Waals surface area (Å²) in [4.78, 5) is 11.4. The van der Waals surface area contributed by atoms with Gasteiger partial charge in [-0.3, -0.25) is 4.79 Å². The van der Waals surface area contributed by atoms with E-state index in [1.54, 1.807) is 0 Å². The second-order valence-corrected chi connectivity index (χ2v) is 4.69. The molecule has 6 heteroatoms. The minimum Gasteiger partial charge on any atom is -0.468 e. The number of hydrogen-bond acceptors (Lipinski definition) is 3. The predicted octanol–water partition coefficient (Wildman–Crippen LogP) is 3.22. The Labute approximate surface area is 95.0 Å². The first-order chi connectivity index (χ1) is 7.21. The minimum absolute atomic E-state index is 0.0214. The van der Waals surface area contributed by atoms with E-state index in [4.69, 9.17) is 0 Å². The van der Waals surface area contributed by atoms with Crippen molar-refractivity contribution in [1.29, 1.82) is 0 Å². The molecule has 0 aliphatic carbocycles. The summed E-state index contributed by atoms with van der Waals surface area (Å²) in [6, 6.07) is 0.977. The molecule has 0 unspecified atom stereocenters. The summed E-state index contributed by atoms with van der Waals surface area (Å²) in [7, 11) is 1.16. The molecule has 0 saturated heterocycles. The van der Waals surface area contributed by atoms with E-state index in [2.05, 4.69) is 4.74 Å². The van der Waals surface area contributed by atoms with E-state index >= 15 is 0 Å². The average Bonchev–Trinajstić information content (AvgIpc) is 2.64. The summed E-state index contributed by atoms with van der Waals surface area (Å²) in [5.74, 6) is -0.680. The molecule has 1 rings (SSSR count). The van der Waals surface area contributed by atoms with Gasteiger partial charge in [0, 0.05) is 4.88 Å². The zero-order chi connectivity index (χ0) is 12.6. The lowest BCUT2D eigenvalue weighted by Crippen LogP contribution is -2.31. The quantitative estimate of drug-likeness (QED) is 0.755. The van der Waals surface area contributed by atoms with Crippen LogP contribution in [-0.2, 0) is 21.1 Å². The number of carbonyl (C=O) groups excluding carboxylic acids is 1. The van der Waals surface area contributed by atoms with Crippen LogP contribution in [0.5, 0.6) is 0 Å². The second-order valence-electron chi connectivity index (χ2n) is 3.78. The van der Waals surface area contributed by atoms with E-state index in [0.717, 1.165) is 24.5 Å². The number of ether oxygens (including phenoxy) is 1. The van der Waals surface area contributed by atoms with E-state index in [9.17, 15) is 18.0 Å². The molecule has 0 N–H and O–H groups in total. The highest BCUT2D eigenvalue weighted by atomic mass is 32.1. The summed E-state index contributed by atoms with van der Waals surface area (Å²) in [6.45, 7) is 2.83. The zero-order valence-electron chi connectivity index (χ0n) is 9.01. The maximum Gasteiger partial charge on any atom is 0.417 e. The Balaban J connectivity index is 3.24. The molecule has 0 saturated carbocycles. The van der Waals surface area contributed by atoms with Gasteiger partial charge in [0.15, 0.2) is 0 Å². The fraction of sp³-hybridized carbons (Fsp3) is 0.500. The largest absolute Gasteiger partial charge is 0.468 e. The highest BCUT2D eigenvalue weighted by Crippen LogP contribution is 2.41. The molecule has 1 heterocycles. The van der Waals surface area contributed by atoms with Crippen molar-refractivity contribution < 1.29 is 22.7 Å². The lowest BCUT2D eigenvalue weighted by atomic mass is 9.89. The number of esters is 1. The summed E-state index contributed by atoms with van der Waals surface area (Å²) < 4.78 is 42.4. The van der Waals surface area contributed by atoms with Crippen LogP contribution < -0.4 is 0 Å². The predicted molar refractivity (Wildman–Crippen MR) is 54.4 cm³/mol. The van der Waals surface area contributed by atoms with Crippen LogP contribution in [0.2, 0.25) is 0 Å². The molecule has 0 atom stereocenters. The summed E-state index contributed by atoms with van der Waals surface area (Å²) in [5, 5.41) is 1.32. The van der Waals surface area contributed by atoms with E-state index in [1.165, 1.54) is 19.2 Å². The van der Waals surface area contributed by atoms with Gasteiger partial charge in [-0.1, -0.05) is 0 Å². The standard InChI is InChI=1S/C10H11F3O2S/c1-9(2,8(14)15-3)7-6(4-5-16-7)10(11,12)13/h4-5H,1-3H3. The zero-order valence-corrected chi connectivity index (χ0v) is 9.83. The van der Waals surface area contributed by atoms with Gasteiger partial charge < -0.3 is 4.74 Å². The van der Waals surface area contributed by atoms with Crippen molar-refractivity contribution in [2.24, 2.45) is 0 Å². The number of methoxy groups -OCH3 is 1. The van der Waals surface area contributed by atoms with Crippen molar-refractivity contribution in [3.05, 3.63) is 21.9 Å². The lowest BCUT2D eigenvalue weighted by Gasteiger charge is -2.22. The highest BCUT2D eigenvalue weighted by Gasteiger charge is 2.42. The Kier molecular flexibility index (Phi) is 3.33. The molecule has 2 nitrogen and oxygen atoms in total. The lowest BCUT2D eigenvalue weighted by molar-refractivity contribution is -0.147. The number of halogens is 3. The van der Waals surface area contributed by atoms with Gasteiger partial charge >= 0.3 is 12.1 Å². The topological polar surface area (TPSA) is 26.3 Å². The smallest absolute Gasteiger partial charge is 0.417 e. The Morgan fingerprint density at radius 2 is 1.94 bits per heavy atom. The van der Waals surface area contributed by atoms with Crippen molar-refractivity contribution >= 4 is 17.3 Å². The monoisotopic (exact) mass is 252 g/mol. The molecule has 0 radical (unpaired) electrons.